The molecule has 8 aromatic carbocycles. The summed E-state index contributed by atoms with van der Waals surface area (Å²) in [7, 11) is 0. The SMILES string of the molecule is c1cc(-c2c3ccccc3c(-c3cccc4ccccc34)c3ccccc23)cc(-c2c3ccccc3nc3sc4ccccc4c23)c1. The second-order valence-corrected chi connectivity index (χ2v) is 13.3. The Labute approximate surface area is 276 Å². The fourth-order valence-electron chi connectivity index (χ4n) is 7.68. The average molecular weight is 614 g/mol. The number of hydrogen-bond donors (Lipinski definition) is 0. The maximum atomic E-state index is 5.14. The van der Waals surface area contributed by atoms with Crippen LogP contribution in [0.5, 0.6) is 0 Å². The number of benzene rings is 8. The van der Waals surface area contributed by atoms with Gasteiger partial charge in [0.2, 0.25) is 0 Å². The van der Waals surface area contributed by atoms with Crippen LogP contribution in [0.25, 0.3) is 96.9 Å². The Morgan fingerprint density at radius 1 is 0.383 bits per heavy atom. The fourth-order valence-corrected chi connectivity index (χ4v) is 8.78. The largest absolute Gasteiger partial charge is 0.237 e. The van der Waals surface area contributed by atoms with Crippen LogP contribution in [0.1, 0.15) is 0 Å². The maximum absolute atomic E-state index is 5.14. The van der Waals surface area contributed by atoms with Crippen molar-refractivity contribution >= 4 is 74.9 Å². The van der Waals surface area contributed by atoms with E-state index in [1.807, 2.05) is 0 Å². The van der Waals surface area contributed by atoms with Crippen molar-refractivity contribution in [3.63, 3.8) is 0 Å². The number of hydrogen-bond acceptors (Lipinski definition) is 2. The van der Waals surface area contributed by atoms with Crippen LogP contribution in [0, 0.1) is 0 Å². The first-order valence-electron chi connectivity index (χ1n) is 16.1. The highest BCUT2D eigenvalue weighted by atomic mass is 32.1. The molecule has 0 amide bonds. The molecule has 0 atom stereocenters. The molecule has 0 radical (unpaired) electrons. The van der Waals surface area contributed by atoms with Crippen molar-refractivity contribution in [2.24, 2.45) is 0 Å². The van der Waals surface area contributed by atoms with Crippen molar-refractivity contribution in [3.8, 4) is 33.4 Å². The van der Waals surface area contributed by atoms with Crippen molar-refractivity contribution in [1.82, 2.24) is 4.98 Å². The quantitative estimate of drug-likeness (QED) is 0.181. The highest BCUT2D eigenvalue weighted by Gasteiger charge is 2.20. The minimum absolute atomic E-state index is 1.03. The van der Waals surface area contributed by atoms with E-state index in [-0.39, 0.29) is 0 Å². The molecule has 0 aliphatic carbocycles. The lowest BCUT2D eigenvalue weighted by Crippen LogP contribution is -1.92. The number of fused-ring (bicyclic) bond motifs is 7. The second kappa shape index (κ2) is 10.3. The number of nitrogens with zero attached hydrogens (tertiary/aromatic N) is 1. The maximum Gasteiger partial charge on any atom is 0.125 e. The predicted molar refractivity (Wildman–Crippen MR) is 203 cm³/mol. The molecule has 2 heteroatoms. The van der Waals surface area contributed by atoms with Crippen LogP contribution in [-0.2, 0) is 0 Å². The molecule has 0 unspecified atom stereocenters. The standard InChI is InChI=1S/C45H27NS/c1-2-17-31-28(13-1)14-12-24-32(31)43-35-20-5-3-18-33(35)41(34-19-4-6-21-36(34)43)29-15-11-16-30(27-29)42-37-22-7-9-25-39(37)46-45-44(42)38-23-8-10-26-40(38)47-45/h1-27H. The van der Waals surface area contributed by atoms with E-state index >= 15 is 0 Å². The van der Waals surface area contributed by atoms with Crippen LogP contribution in [0.3, 0.4) is 0 Å². The van der Waals surface area contributed by atoms with Crippen LogP contribution >= 0.6 is 11.3 Å². The number of para-hydroxylation sites is 1. The smallest absolute Gasteiger partial charge is 0.125 e. The summed E-state index contributed by atoms with van der Waals surface area (Å²) in [6.45, 7) is 0. The normalized spacial score (nSPS) is 11.8. The Morgan fingerprint density at radius 2 is 0.915 bits per heavy atom. The van der Waals surface area contributed by atoms with Gasteiger partial charge in [0.25, 0.3) is 0 Å². The van der Waals surface area contributed by atoms with Gasteiger partial charge >= 0.3 is 0 Å². The Morgan fingerprint density at radius 3 is 1.66 bits per heavy atom. The minimum atomic E-state index is 1.03. The van der Waals surface area contributed by atoms with Gasteiger partial charge in [-0.15, -0.1) is 11.3 Å². The first-order valence-corrected chi connectivity index (χ1v) is 16.9. The Hall–Kier alpha value is -5.83. The lowest BCUT2D eigenvalue weighted by molar-refractivity contribution is 1.54. The molecule has 2 heterocycles. The van der Waals surface area contributed by atoms with Crippen molar-refractivity contribution in [2.75, 3.05) is 0 Å². The number of rotatable bonds is 3. The summed E-state index contributed by atoms with van der Waals surface area (Å²) < 4.78 is 1.27. The lowest BCUT2D eigenvalue weighted by Gasteiger charge is -2.19. The second-order valence-electron chi connectivity index (χ2n) is 12.2. The van der Waals surface area contributed by atoms with E-state index in [1.54, 1.807) is 11.3 Å². The van der Waals surface area contributed by atoms with Gasteiger partial charge in [-0.2, -0.15) is 0 Å². The van der Waals surface area contributed by atoms with Gasteiger partial charge in [-0.3, -0.25) is 0 Å². The Bertz CT molecular complexity index is 2800. The summed E-state index contributed by atoms with van der Waals surface area (Å²) in [5.41, 5.74) is 8.54. The molecule has 0 N–H and O–H groups in total. The van der Waals surface area contributed by atoms with Crippen LogP contribution in [0.4, 0.5) is 0 Å². The summed E-state index contributed by atoms with van der Waals surface area (Å²) in [5, 5.41) is 11.3. The molecular formula is C45H27NS. The molecule has 0 aliphatic heterocycles. The molecule has 0 saturated carbocycles. The summed E-state index contributed by atoms with van der Waals surface area (Å²) in [6.07, 6.45) is 0. The number of aromatic nitrogens is 1. The molecule has 0 fully saturated rings. The molecular weight excluding hydrogens is 587 g/mol. The van der Waals surface area contributed by atoms with Crippen molar-refractivity contribution in [1.29, 1.82) is 0 Å². The molecule has 218 valence electrons. The first kappa shape index (κ1) is 26.4. The van der Waals surface area contributed by atoms with Crippen LogP contribution in [-0.4, -0.2) is 4.98 Å². The molecule has 10 rings (SSSR count). The van der Waals surface area contributed by atoms with Gasteiger partial charge in [0.05, 0.1) is 5.52 Å². The van der Waals surface area contributed by atoms with E-state index in [4.69, 9.17) is 4.98 Å². The summed E-state index contributed by atoms with van der Waals surface area (Å²) in [6, 6.07) is 59.7. The van der Waals surface area contributed by atoms with Gasteiger partial charge in [0, 0.05) is 26.4 Å². The number of pyridine rings is 1. The van der Waals surface area contributed by atoms with Gasteiger partial charge in [-0.05, 0) is 78.3 Å². The molecule has 2 aromatic heterocycles. The fraction of sp³-hybridized carbons (Fsp3) is 0. The van der Waals surface area contributed by atoms with Gasteiger partial charge < -0.3 is 0 Å². The van der Waals surface area contributed by atoms with Crippen LogP contribution in [0.15, 0.2) is 164 Å². The molecule has 47 heavy (non-hydrogen) atoms. The van der Waals surface area contributed by atoms with Gasteiger partial charge in [0.1, 0.15) is 4.83 Å². The molecule has 0 aliphatic rings. The predicted octanol–water partition coefficient (Wildman–Crippen LogP) is 13.1. The van der Waals surface area contributed by atoms with E-state index in [0.29, 0.717) is 0 Å². The van der Waals surface area contributed by atoms with Crippen LogP contribution in [0.2, 0.25) is 0 Å². The van der Waals surface area contributed by atoms with Crippen molar-refractivity contribution in [3.05, 3.63) is 164 Å². The van der Waals surface area contributed by atoms with E-state index in [9.17, 15) is 0 Å². The van der Waals surface area contributed by atoms with Crippen LogP contribution < -0.4 is 0 Å². The van der Waals surface area contributed by atoms with Gasteiger partial charge in [0.15, 0.2) is 0 Å². The monoisotopic (exact) mass is 613 g/mol. The zero-order chi connectivity index (χ0) is 30.9. The van der Waals surface area contributed by atoms with E-state index < -0.39 is 0 Å². The Balaban J connectivity index is 1.30. The van der Waals surface area contributed by atoms with E-state index in [1.165, 1.54) is 86.6 Å². The summed E-state index contributed by atoms with van der Waals surface area (Å²) in [5.74, 6) is 0. The summed E-state index contributed by atoms with van der Waals surface area (Å²) in [4.78, 5) is 6.23. The molecule has 1 nitrogen and oxygen atoms in total. The minimum Gasteiger partial charge on any atom is -0.237 e. The van der Waals surface area contributed by atoms with Gasteiger partial charge in [-0.1, -0.05) is 146 Å². The van der Waals surface area contributed by atoms with Crippen molar-refractivity contribution in [2.45, 2.75) is 0 Å². The van der Waals surface area contributed by atoms with E-state index in [2.05, 4.69) is 164 Å². The highest BCUT2D eigenvalue weighted by molar-refractivity contribution is 7.25. The molecule has 0 bridgehead atoms. The lowest BCUT2D eigenvalue weighted by atomic mass is 9.84. The third-order valence-electron chi connectivity index (χ3n) is 9.65. The third-order valence-corrected chi connectivity index (χ3v) is 10.7. The Kier molecular flexibility index (Phi) is 5.81. The van der Waals surface area contributed by atoms with Gasteiger partial charge in [-0.25, -0.2) is 4.98 Å². The average Bonchev–Trinajstić information content (AvgIpc) is 3.50. The number of thiophene rings is 1. The molecule has 10 aromatic rings. The first-order chi connectivity index (χ1) is 23.3. The molecule has 0 saturated heterocycles. The highest BCUT2D eigenvalue weighted by Crippen LogP contribution is 2.47. The zero-order valence-electron chi connectivity index (χ0n) is 25.4. The molecule has 0 spiro atoms. The third kappa shape index (κ3) is 3.99. The topological polar surface area (TPSA) is 12.9 Å². The van der Waals surface area contributed by atoms with E-state index in [0.717, 1.165) is 10.3 Å². The summed E-state index contributed by atoms with van der Waals surface area (Å²) >= 11 is 1.78. The van der Waals surface area contributed by atoms with Crippen molar-refractivity contribution < 1.29 is 0 Å². The zero-order valence-corrected chi connectivity index (χ0v) is 26.3.